The number of likely N-dealkylation sites (tertiary alicyclic amines) is 1. The van der Waals surface area contributed by atoms with Crippen molar-refractivity contribution in [3.05, 3.63) is 93.7 Å². The van der Waals surface area contributed by atoms with Crippen LogP contribution in [-0.4, -0.2) is 69.6 Å². The van der Waals surface area contributed by atoms with Crippen LogP contribution < -0.4 is 15.2 Å². The molecule has 1 aliphatic heterocycles. The second kappa shape index (κ2) is 12.9. The smallest absolute Gasteiger partial charge is 0.274 e. The van der Waals surface area contributed by atoms with Gasteiger partial charge >= 0.3 is 0 Å². The third-order valence-electron chi connectivity index (χ3n) is 8.43. The van der Waals surface area contributed by atoms with E-state index in [1.807, 2.05) is 6.07 Å². The molecule has 6 rings (SSSR count). The molecule has 11 nitrogen and oxygen atoms in total. The number of piperidine rings is 1. The second-order valence-electron chi connectivity index (χ2n) is 11.1. The van der Waals surface area contributed by atoms with Gasteiger partial charge in [-0.2, -0.15) is 5.10 Å². The number of carbonyl (C=O) groups is 2. The highest BCUT2D eigenvalue weighted by Gasteiger charge is 2.32. The van der Waals surface area contributed by atoms with Crippen molar-refractivity contribution in [2.45, 2.75) is 18.8 Å². The quantitative estimate of drug-likeness (QED) is 0.297. The molecule has 0 saturated carbocycles. The molecule has 3 N–H and O–H groups in total. The molecule has 13 heteroatoms. The first-order valence-electron chi connectivity index (χ1n) is 14.5. The Kier molecular flexibility index (Phi) is 9.08. The van der Waals surface area contributed by atoms with Gasteiger partial charge in [-0.1, -0.05) is 18.2 Å². The Morgan fingerprint density at radius 1 is 1.09 bits per heavy atom. The van der Waals surface area contributed by atoms with E-state index in [2.05, 4.69) is 10.4 Å². The number of nitrogens with zero attached hydrogens (tertiary/aromatic N) is 4. The Labute approximate surface area is 266 Å². The minimum atomic E-state index is -1.39. The molecule has 1 fully saturated rings. The van der Waals surface area contributed by atoms with Crippen LogP contribution in [0.5, 0.6) is 0 Å². The normalized spacial score (nSPS) is 15.4. The fraction of sp³-hybridized carbons (Fsp3) is 0.273. The van der Waals surface area contributed by atoms with Crippen molar-refractivity contribution in [1.29, 1.82) is 0 Å². The Morgan fingerprint density at radius 3 is 2.46 bits per heavy atom. The van der Waals surface area contributed by atoms with Crippen molar-refractivity contribution in [3.63, 3.8) is 0 Å². The monoisotopic (exact) mass is 647 g/mol. The van der Waals surface area contributed by atoms with E-state index < -0.39 is 16.8 Å². The van der Waals surface area contributed by atoms with Crippen LogP contribution >= 0.6 is 0 Å². The van der Waals surface area contributed by atoms with Gasteiger partial charge in [-0.15, -0.1) is 0 Å². The van der Waals surface area contributed by atoms with E-state index in [0.29, 0.717) is 63.8 Å². The molecule has 2 atom stereocenters. The van der Waals surface area contributed by atoms with E-state index in [4.69, 9.17) is 4.42 Å². The highest BCUT2D eigenvalue weighted by molar-refractivity contribution is 7.85. The first-order chi connectivity index (χ1) is 21.6. The minimum Gasteiger partial charge on any atom is -0.455 e. The number of benzene rings is 3. The number of nitrogens with one attached hydrogen (secondary N) is 1. The summed E-state index contributed by atoms with van der Waals surface area (Å²) in [6.07, 6.45) is 3.01. The lowest BCUT2D eigenvalue weighted by atomic mass is 9.87. The average molecular weight is 648 g/mol. The van der Waals surface area contributed by atoms with Crippen molar-refractivity contribution in [3.8, 4) is 11.3 Å². The molecule has 2 amide bonds. The van der Waals surface area contributed by atoms with Gasteiger partial charge in [-0.3, -0.25) is 18.7 Å². The average Bonchev–Trinajstić information content (AvgIpc) is 3.43. The number of hydrogen-bond donors (Lipinski definition) is 1. The molecule has 0 bridgehead atoms. The molecule has 240 valence electrons. The zero-order valence-corrected chi connectivity index (χ0v) is 26.6. The molecular weight excluding hydrogens is 613 g/mol. The van der Waals surface area contributed by atoms with Crippen LogP contribution in [0, 0.1) is 5.82 Å². The molecule has 1 saturated heterocycles. The standard InChI is InChI=1S/C33H32FN5O5S.H2O/c1-35-31(40)28-25-16-24(26(38(3)45(4)43)17-27(25)44-30(28)19-11-13-21(34)14-12-19)20-8-7-15-39(18-20)33(42)29-22-9-5-6-10-23(22)32(41)37(2)36-29;/h5-6,9-14,16-17,20H,7-8,15,18H2,1-4H3,(H,35,40);1H2/t20-,45?;/m0./s1. The Bertz CT molecular complexity index is 2060. The van der Waals surface area contributed by atoms with Crippen molar-refractivity contribution in [1.82, 2.24) is 20.0 Å². The summed E-state index contributed by atoms with van der Waals surface area (Å²) in [6.45, 7) is 0.851. The van der Waals surface area contributed by atoms with E-state index in [1.165, 1.54) is 30.9 Å². The summed E-state index contributed by atoms with van der Waals surface area (Å²) in [7, 11) is 3.39. The van der Waals surface area contributed by atoms with Gasteiger partial charge in [-0.05, 0) is 54.8 Å². The molecule has 0 radical (unpaired) electrons. The SMILES string of the molecule is CNC(=O)c1c(-c2ccc(F)cc2)oc2cc(N(C)S(C)=O)c([C@H]3CCCN(C(=O)c4nn(C)c(=O)c5ccccc45)C3)cc12.O. The molecule has 5 aromatic rings. The molecule has 2 aromatic heterocycles. The number of hydrogen-bond acceptors (Lipinski definition) is 6. The number of aryl methyl sites for hydroxylation is 1. The number of halogens is 1. The fourth-order valence-corrected chi connectivity index (χ4v) is 6.50. The van der Waals surface area contributed by atoms with Crippen LogP contribution in [-0.2, 0) is 18.0 Å². The van der Waals surface area contributed by atoms with Crippen LogP contribution in [0.3, 0.4) is 0 Å². The lowest BCUT2D eigenvalue weighted by molar-refractivity contribution is 0.0701. The van der Waals surface area contributed by atoms with E-state index in [9.17, 15) is 23.0 Å². The number of carbonyl (C=O) groups excluding carboxylic acids is 2. The van der Waals surface area contributed by atoms with Gasteiger partial charge in [0.25, 0.3) is 17.4 Å². The number of anilines is 1. The van der Waals surface area contributed by atoms with E-state index in [-0.39, 0.29) is 34.5 Å². The molecule has 3 heterocycles. The summed E-state index contributed by atoms with van der Waals surface area (Å²) < 4.78 is 35.5. The number of fused-ring (bicyclic) bond motifs is 2. The van der Waals surface area contributed by atoms with Crippen LogP contribution in [0.2, 0.25) is 0 Å². The summed E-state index contributed by atoms with van der Waals surface area (Å²) >= 11 is 0. The Morgan fingerprint density at radius 2 is 1.78 bits per heavy atom. The number of rotatable bonds is 6. The van der Waals surface area contributed by atoms with E-state index in [0.717, 1.165) is 12.0 Å². The molecule has 3 aromatic carbocycles. The highest BCUT2D eigenvalue weighted by atomic mass is 32.2. The number of amides is 2. The van der Waals surface area contributed by atoms with Crippen LogP contribution in [0.25, 0.3) is 33.1 Å². The molecule has 0 spiro atoms. The van der Waals surface area contributed by atoms with Gasteiger partial charge < -0.3 is 20.1 Å². The predicted molar refractivity (Wildman–Crippen MR) is 176 cm³/mol. The van der Waals surface area contributed by atoms with E-state index >= 15 is 0 Å². The third-order valence-corrected chi connectivity index (χ3v) is 9.40. The topological polar surface area (TPSA) is 149 Å². The first kappa shape index (κ1) is 32.5. The molecule has 0 aliphatic carbocycles. The highest BCUT2D eigenvalue weighted by Crippen LogP contribution is 2.42. The fourth-order valence-electron chi connectivity index (χ4n) is 6.06. The summed E-state index contributed by atoms with van der Waals surface area (Å²) in [5.41, 5.74) is 2.64. The zero-order chi connectivity index (χ0) is 32.0. The maximum atomic E-state index is 14.0. The van der Waals surface area contributed by atoms with E-state index in [1.54, 1.807) is 65.0 Å². The van der Waals surface area contributed by atoms with Gasteiger partial charge in [0.1, 0.15) is 28.1 Å². The van der Waals surface area contributed by atoms with Gasteiger partial charge in [0.05, 0.1) is 16.6 Å². The van der Waals surface area contributed by atoms with Crippen molar-refractivity contribution in [2.24, 2.45) is 7.05 Å². The van der Waals surface area contributed by atoms with Gasteiger partial charge in [-0.25, -0.2) is 13.3 Å². The second-order valence-corrected chi connectivity index (χ2v) is 12.5. The maximum Gasteiger partial charge on any atom is 0.274 e. The summed E-state index contributed by atoms with van der Waals surface area (Å²) in [4.78, 5) is 41.6. The van der Waals surface area contributed by atoms with Gasteiger partial charge in [0.15, 0.2) is 5.69 Å². The third kappa shape index (κ3) is 5.67. The number of furan rings is 1. The summed E-state index contributed by atoms with van der Waals surface area (Å²) in [5.74, 6) is -0.943. The molecular formula is C33H34FN5O6S. The van der Waals surface area contributed by atoms with Crippen LogP contribution in [0.15, 0.2) is 69.9 Å². The lowest BCUT2D eigenvalue weighted by Gasteiger charge is -2.34. The Hall–Kier alpha value is -4.88. The largest absolute Gasteiger partial charge is 0.455 e. The van der Waals surface area contributed by atoms with Crippen molar-refractivity contribution >= 4 is 50.2 Å². The van der Waals surface area contributed by atoms with Gasteiger partial charge in [0, 0.05) is 68.8 Å². The van der Waals surface area contributed by atoms with Crippen molar-refractivity contribution in [2.75, 3.05) is 37.7 Å². The molecule has 46 heavy (non-hydrogen) atoms. The molecule has 1 aliphatic rings. The molecule has 1 unspecified atom stereocenters. The van der Waals surface area contributed by atoms with Crippen LogP contribution in [0.1, 0.15) is 45.2 Å². The van der Waals surface area contributed by atoms with Gasteiger partial charge in [0.2, 0.25) is 0 Å². The minimum absolute atomic E-state index is 0. The van der Waals surface area contributed by atoms with Crippen molar-refractivity contribution < 1.29 is 28.1 Å². The summed E-state index contributed by atoms with van der Waals surface area (Å²) in [6, 6.07) is 16.3. The first-order valence-corrected chi connectivity index (χ1v) is 16.0. The number of aromatic nitrogens is 2. The predicted octanol–water partition coefficient (Wildman–Crippen LogP) is 3.77. The maximum absolute atomic E-state index is 14.0. The Balaban J connectivity index is 0.00000417. The zero-order valence-electron chi connectivity index (χ0n) is 25.8. The lowest BCUT2D eigenvalue weighted by Crippen LogP contribution is -2.40. The van der Waals surface area contributed by atoms with Crippen LogP contribution in [0.4, 0.5) is 10.1 Å². The summed E-state index contributed by atoms with van der Waals surface area (Å²) in [5, 5.41) is 8.50.